The van der Waals surface area contributed by atoms with E-state index < -0.39 is 0 Å². The molecule has 2 atom stereocenters. The number of thioether (sulfide) groups is 1. The van der Waals surface area contributed by atoms with Crippen LogP contribution in [0.5, 0.6) is 0 Å². The van der Waals surface area contributed by atoms with E-state index in [1.165, 1.54) is 12.8 Å². The van der Waals surface area contributed by atoms with Crippen LogP contribution >= 0.6 is 11.8 Å². The van der Waals surface area contributed by atoms with Crippen LogP contribution in [0, 0.1) is 11.8 Å². The molecule has 0 amide bonds. The molecule has 2 aliphatic heterocycles. The van der Waals surface area contributed by atoms with E-state index in [-0.39, 0.29) is 0 Å². The second-order valence-corrected chi connectivity index (χ2v) is 6.49. The zero-order valence-electron chi connectivity index (χ0n) is 11.4. The molecule has 0 aromatic heterocycles. The minimum atomic E-state index is 0.309. The average molecular weight is 271 g/mol. The molecule has 0 aromatic rings. The number of hydrogen-bond acceptors (Lipinski definition) is 4. The van der Waals surface area contributed by atoms with Crippen molar-refractivity contribution in [3.8, 4) is 0 Å². The van der Waals surface area contributed by atoms with Crippen molar-refractivity contribution >= 4 is 17.5 Å². The Hall–Kier alpha value is -0.0600. The van der Waals surface area contributed by atoms with Gasteiger partial charge in [0, 0.05) is 56.2 Å². The number of ether oxygens (including phenoxy) is 1. The highest BCUT2D eigenvalue weighted by molar-refractivity contribution is 7.99. The summed E-state index contributed by atoms with van der Waals surface area (Å²) in [6, 6.07) is 0. The summed E-state index contributed by atoms with van der Waals surface area (Å²) in [6.07, 6.45) is 3.47. The van der Waals surface area contributed by atoms with Crippen LogP contribution in [0.3, 0.4) is 0 Å². The summed E-state index contributed by atoms with van der Waals surface area (Å²) in [5, 5.41) is 0. The maximum Gasteiger partial charge on any atom is 0.143 e. The number of piperidine rings is 1. The lowest BCUT2D eigenvalue weighted by Crippen LogP contribution is -2.51. The third-order valence-corrected chi connectivity index (χ3v) is 5.08. The molecule has 0 N–H and O–H groups in total. The smallest absolute Gasteiger partial charge is 0.143 e. The third-order valence-electron chi connectivity index (χ3n) is 3.81. The van der Waals surface area contributed by atoms with Crippen molar-refractivity contribution < 1.29 is 9.53 Å². The van der Waals surface area contributed by atoms with Gasteiger partial charge in [0.1, 0.15) is 5.78 Å². The van der Waals surface area contributed by atoms with Crippen LogP contribution in [-0.2, 0) is 9.53 Å². The Kier molecular flexibility index (Phi) is 5.99. The molecule has 0 spiro atoms. The van der Waals surface area contributed by atoms with Crippen molar-refractivity contribution in [2.75, 3.05) is 44.4 Å². The Morgan fingerprint density at radius 3 is 2.56 bits per heavy atom. The fourth-order valence-electron chi connectivity index (χ4n) is 2.75. The molecule has 0 saturated carbocycles. The molecule has 2 fully saturated rings. The summed E-state index contributed by atoms with van der Waals surface area (Å²) in [5.41, 5.74) is 0. The van der Waals surface area contributed by atoms with Crippen LogP contribution in [0.4, 0.5) is 0 Å². The fraction of sp³-hybridized carbons (Fsp3) is 0.929. The van der Waals surface area contributed by atoms with Gasteiger partial charge in [0.25, 0.3) is 0 Å². The lowest BCUT2D eigenvalue weighted by molar-refractivity contribution is -0.130. The van der Waals surface area contributed by atoms with Crippen LogP contribution < -0.4 is 0 Å². The van der Waals surface area contributed by atoms with Crippen molar-refractivity contribution in [3.63, 3.8) is 0 Å². The highest BCUT2D eigenvalue weighted by Crippen LogP contribution is 2.30. The molecule has 2 heterocycles. The van der Waals surface area contributed by atoms with E-state index in [0.29, 0.717) is 17.6 Å². The van der Waals surface area contributed by atoms with Gasteiger partial charge >= 0.3 is 0 Å². The molecule has 2 bridgehead atoms. The van der Waals surface area contributed by atoms with Crippen molar-refractivity contribution in [2.45, 2.75) is 26.2 Å². The largest absolute Gasteiger partial charge is 0.381 e. The van der Waals surface area contributed by atoms with E-state index in [4.69, 9.17) is 4.74 Å². The van der Waals surface area contributed by atoms with Crippen LogP contribution in [0.15, 0.2) is 0 Å². The van der Waals surface area contributed by atoms with Crippen molar-refractivity contribution in [2.24, 2.45) is 11.8 Å². The molecule has 0 aliphatic carbocycles. The monoisotopic (exact) mass is 271 g/mol. The number of unbranched alkanes of at least 4 members (excludes halogenated alkanes) is 1. The Bertz CT molecular complexity index is 257. The molecule has 2 rings (SSSR count). The highest BCUT2D eigenvalue weighted by Gasteiger charge is 2.37. The Balaban J connectivity index is 1.61. The maximum absolute atomic E-state index is 11.9. The second-order valence-electron chi connectivity index (χ2n) is 5.41. The highest BCUT2D eigenvalue weighted by atomic mass is 32.2. The number of fused-ring (bicyclic) bond motifs is 2. The Labute approximate surface area is 115 Å². The minimum Gasteiger partial charge on any atom is -0.381 e. The number of carbonyl (C=O) groups excluding carboxylic acids is 1. The minimum absolute atomic E-state index is 0.309. The van der Waals surface area contributed by atoms with Gasteiger partial charge in [-0.3, -0.25) is 4.79 Å². The number of likely N-dealkylation sites (tertiary alicyclic amines) is 1. The summed E-state index contributed by atoms with van der Waals surface area (Å²) in [6.45, 7) is 7.02. The molecule has 104 valence electrons. The molecular formula is C14H25NO2S. The average Bonchev–Trinajstić information content (AvgIpc) is 2.34. The van der Waals surface area contributed by atoms with Gasteiger partial charge in [0.15, 0.2) is 0 Å². The lowest BCUT2D eigenvalue weighted by atomic mass is 9.89. The summed E-state index contributed by atoms with van der Waals surface area (Å²) in [4.78, 5) is 14.4. The molecular weight excluding hydrogens is 246 g/mol. The topological polar surface area (TPSA) is 29.5 Å². The van der Waals surface area contributed by atoms with E-state index in [9.17, 15) is 4.79 Å². The summed E-state index contributed by atoms with van der Waals surface area (Å²) >= 11 is 1.96. The van der Waals surface area contributed by atoms with Gasteiger partial charge in [-0.25, -0.2) is 0 Å². The predicted octanol–water partition coefficient (Wildman–Crippen LogP) is 2.06. The summed E-state index contributed by atoms with van der Waals surface area (Å²) in [7, 11) is 0. The first-order chi connectivity index (χ1) is 8.81. The zero-order chi connectivity index (χ0) is 12.8. The van der Waals surface area contributed by atoms with Gasteiger partial charge in [-0.1, -0.05) is 13.3 Å². The molecule has 2 aliphatic rings. The first kappa shape index (κ1) is 14.4. The number of carbonyl (C=O) groups is 1. The number of nitrogens with zero attached hydrogens (tertiary/aromatic N) is 1. The zero-order valence-corrected chi connectivity index (χ0v) is 12.2. The van der Waals surface area contributed by atoms with Crippen LogP contribution in [0.2, 0.25) is 0 Å². The van der Waals surface area contributed by atoms with Crippen LogP contribution in [0.1, 0.15) is 26.2 Å². The predicted molar refractivity (Wildman–Crippen MR) is 76.1 cm³/mol. The molecule has 2 unspecified atom stereocenters. The quantitative estimate of drug-likeness (QED) is 0.663. The van der Waals surface area contributed by atoms with Crippen molar-refractivity contribution in [1.82, 2.24) is 4.90 Å². The van der Waals surface area contributed by atoms with Gasteiger partial charge in [-0.2, -0.15) is 11.8 Å². The lowest BCUT2D eigenvalue weighted by Gasteiger charge is -2.39. The van der Waals surface area contributed by atoms with Crippen molar-refractivity contribution in [3.05, 3.63) is 0 Å². The number of Topliss-reactive ketones (excluding diaryl/α,β-unsaturated/α-hetero) is 1. The normalized spacial score (nSPS) is 28.6. The van der Waals surface area contributed by atoms with E-state index in [0.717, 1.165) is 50.8 Å². The maximum atomic E-state index is 11.9. The standard InChI is InChI=1S/C14H25NO2S/c1-2-3-6-17-7-4-5-15-8-12-10-18-11-13(9-15)14(12)16/h12-13H,2-11H2,1H3. The van der Waals surface area contributed by atoms with Crippen LogP contribution in [0.25, 0.3) is 0 Å². The second kappa shape index (κ2) is 7.51. The van der Waals surface area contributed by atoms with Crippen LogP contribution in [-0.4, -0.2) is 55.0 Å². The number of rotatable bonds is 7. The van der Waals surface area contributed by atoms with Gasteiger partial charge < -0.3 is 9.64 Å². The first-order valence-corrected chi connectivity index (χ1v) is 8.38. The molecule has 2 saturated heterocycles. The van der Waals surface area contributed by atoms with Gasteiger partial charge in [0.2, 0.25) is 0 Å². The van der Waals surface area contributed by atoms with E-state index in [1.807, 2.05) is 11.8 Å². The summed E-state index contributed by atoms with van der Waals surface area (Å²) in [5.74, 6) is 3.23. The molecule has 0 aromatic carbocycles. The van der Waals surface area contributed by atoms with Gasteiger partial charge in [-0.15, -0.1) is 0 Å². The Morgan fingerprint density at radius 1 is 1.22 bits per heavy atom. The third kappa shape index (κ3) is 3.97. The summed E-state index contributed by atoms with van der Waals surface area (Å²) < 4.78 is 5.58. The SMILES string of the molecule is CCCCOCCCN1CC2CSCC(C1)C2=O. The van der Waals surface area contributed by atoms with E-state index >= 15 is 0 Å². The van der Waals surface area contributed by atoms with Crippen molar-refractivity contribution in [1.29, 1.82) is 0 Å². The van der Waals surface area contributed by atoms with Gasteiger partial charge in [-0.05, 0) is 12.8 Å². The number of ketones is 1. The van der Waals surface area contributed by atoms with E-state index in [1.54, 1.807) is 0 Å². The first-order valence-electron chi connectivity index (χ1n) is 7.22. The molecule has 0 radical (unpaired) electrons. The van der Waals surface area contributed by atoms with Gasteiger partial charge in [0.05, 0.1) is 0 Å². The molecule has 18 heavy (non-hydrogen) atoms. The number of hydrogen-bond donors (Lipinski definition) is 0. The van der Waals surface area contributed by atoms with E-state index in [2.05, 4.69) is 11.8 Å². The Morgan fingerprint density at radius 2 is 1.89 bits per heavy atom. The molecule has 4 heteroatoms. The molecule has 3 nitrogen and oxygen atoms in total. The fourth-order valence-corrected chi connectivity index (χ4v) is 4.00.